The van der Waals surface area contributed by atoms with Crippen LogP contribution in [-0.2, 0) is 9.59 Å². The van der Waals surface area contributed by atoms with Crippen LogP contribution in [0.5, 0.6) is 0 Å². The quantitative estimate of drug-likeness (QED) is 0.808. The highest BCUT2D eigenvalue weighted by atomic mass is 16.2. The Balaban J connectivity index is 2.12. The molecule has 8 heteroatoms. The first-order valence-electron chi connectivity index (χ1n) is 8.15. The average Bonchev–Trinajstić information content (AvgIpc) is 2.80. The summed E-state index contributed by atoms with van der Waals surface area (Å²) >= 11 is 0. The van der Waals surface area contributed by atoms with Crippen molar-refractivity contribution >= 4 is 29.4 Å². The molecule has 8 nitrogen and oxygen atoms in total. The number of nitrogens with one attached hydrogen (secondary N) is 1. The minimum absolute atomic E-state index is 0.0904. The molecule has 3 rings (SSSR count). The van der Waals surface area contributed by atoms with E-state index in [1.54, 1.807) is 38.9 Å². The monoisotopic (exact) mass is 344 g/mol. The molecule has 1 atom stereocenters. The van der Waals surface area contributed by atoms with Gasteiger partial charge in [0.2, 0.25) is 5.91 Å². The summed E-state index contributed by atoms with van der Waals surface area (Å²) in [6.45, 7) is 3.40. The molecule has 1 fully saturated rings. The molecule has 1 N–H and O–H groups in total. The van der Waals surface area contributed by atoms with Crippen molar-refractivity contribution in [3.63, 3.8) is 0 Å². The van der Waals surface area contributed by atoms with Gasteiger partial charge in [0.25, 0.3) is 17.7 Å². The third-order valence-corrected chi connectivity index (χ3v) is 4.95. The van der Waals surface area contributed by atoms with Gasteiger partial charge < -0.3 is 4.90 Å². The standard InChI is InChI=1S/C17H20N4O4/c1-5-17(7-6-12(22)19-16(17)25)21-14(23)10-8-11(20(3)4)18-9(2)13(10)15(21)24/h8H,5-7H2,1-4H3,(H,19,22,25). The minimum atomic E-state index is -1.34. The molecule has 2 aliphatic rings. The molecule has 0 saturated carbocycles. The molecule has 0 radical (unpaired) electrons. The van der Waals surface area contributed by atoms with Crippen molar-refractivity contribution in [2.24, 2.45) is 0 Å². The van der Waals surface area contributed by atoms with Crippen LogP contribution in [0.2, 0.25) is 0 Å². The van der Waals surface area contributed by atoms with Crippen molar-refractivity contribution in [1.82, 2.24) is 15.2 Å². The molecule has 0 aliphatic carbocycles. The van der Waals surface area contributed by atoms with Gasteiger partial charge in [-0.2, -0.15) is 0 Å². The number of nitrogens with zero attached hydrogens (tertiary/aromatic N) is 3. The molecule has 0 spiro atoms. The van der Waals surface area contributed by atoms with Gasteiger partial charge in [-0.05, 0) is 25.8 Å². The van der Waals surface area contributed by atoms with Crippen molar-refractivity contribution in [2.75, 3.05) is 19.0 Å². The largest absolute Gasteiger partial charge is 0.363 e. The van der Waals surface area contributed by atoms with E-state index in [4.69, 9.17) is 0 Å². The van der Waals surface area contributed by atoms with Crippen molar-refractivity contribution < 1.29 is 19.2 Å². The second-order valence-corrected chi connectivity index (χ2v) is 6.59. The van der Waals surface area contributed by atoms with E-state index in [9.17, 15) is 19.2 Å². The van der Waals surface area contributed by atoms with E-state index in [-0.39, 0.29) is 30.4 Å². The number of amides is 4. The fourth-order valence-electron chi connectivity index (χ4n) is 3.49. The Kier molecular flexibility index (Phi) is 3.85. The maximum Gasteiger partial charge on any atom is 0.264 e. The predicted molar refractivity (Wildman–Crippen MR) is 89.2 cm³/mol. The van der Waals surface area contributed by atoms with Gasteiger partial charge in [0.15, 0.2) is 0 Å². The topological polar surface area (TPSA) is 99.7 Å². The van der Waals surface area contributed by atoms with Gasteiger partial charge in [0.1, 0.15) is 11.4 Å². The van der Waals surface area contributed by atoms with Gasteiger partial charge >= 0.3 is 0 Å². The fraction of sp³-hybridized carbons (Fsp3) is 0.471. The van der Waals surface area contributed by atoms with E-state index in [1.165, 1.54) is 0 Å². The number of imide groups is 2. The first-order valence-corrected chi connectivity index (χ1v) is 8.15. The third-order valence-electron chi connectivity index (χ3n) is 4.95. The zero-order valence-corrected chi connectivity index (χ0v) is 14.7. The minimum Gasteiger partial charge on any atom is -0.363 e. The van der Waals surface area contributed by atoms with Crippen LogP contribution >= 0.6 is 0 Å². The van der Waals surface area contributed by atoms with E-state index < -0.39 is 29.2 Å². The number of pyridine rings is 1. The highest BCUT2D eigenvalue weighted by Gasteiger charge is 2.55. The maximum atomic E-state index is 13.0. The smallest absolute Gasteiger partial charge is 0.264 e. The highest BCUT2D eigenvalue weighted by Crippen LogP contribution is 2.38. The number of hydrogen-bond acceptors (Lipinski definition) is 6. The second kappa shape index (κ2) is 5.65. The van der Waals surface area contributed by atoms with Crippen LogP contribution in [-0.4, -0.2) is 53.1 Å². The Bertz CT molecular complexity index is 817. The number of hydrogen-bond donors (Lipinski definition) is 1. The first-order chi connectivity index (χ1) is 11.7. The second-order valence-electron chi connectivity index (χ2n) is 6.59. The third kappa shape index (κ3) is 2.32. The lowest BCUT2D eigenvalue weighted by Gasteiger charge is -2.40. The van der Waals surface area contributed by atoms with E-state index in [0.29, 0.717) is 11.5 Å². The van der Waals surface area contributed by atoms with Gasteiger partial charge in [-0.15, -0.1) is 0 Å². The summed E-state index contributed by atoms with van der Waals surface area (Å²) in [5.74, 6) is -1.47. The first kappa shape index (κ1) is 17.1. The summed E-state index contributed by atoms with van der Waals surface area (Å²) in [5, 5.41) is 2.26. The van der Waals surface area contributed by atoms with E-state index in [2.05, 4.69) is 10.3 Å². The van der Waals surface area contributed by atoms with Gasteiger partial charge in [-0.1, -0.05) is 6.92 Å². The lowest BCUT2D eigenvalue weighted by Crippen LogP contribution is -2.64. The summed E-state index contributed by atoms with van der Waals surface area (Å²) in [4.78, 5) is 57.2. The molecule has 0 bridgehead atoms. The summed E-state index contributed by atoms with van der Waals surface area (Å²) in [5.41, 5.74) is -0.418. The molecular weight excluding hydrogens is 324 g/mol. The molecule has 2 aliphatic heterocycles. The van der Waals surface area contributed by atoms with E-state index in [1.807, 2.05) is 0 Å². The molecule has 4 amide bonds. The number of aromatic nitrogens is 1. The number of fused-ring (bicyclic) bond motifs is 1. The van der Waals surface area contributed by atoms with Crippen molar-refractivity contribution in [2.45, 2.75) is 38.6 Å². The summed E-state index contributed by atoms with van der Waals surface area (Å²) in [6.07, 6.45) is 0.463. The molecule has 0 aromatic carbocycles. The van der Waals surface area contributed by atoms with Gasteiger partial charge in [0.05, 0.1) is 16.8 Å². The van der Waals surface area contributed by atoms with Crippen LogP contribution in [0.3, 0.4) is 0 Å². The van der Waals surface area contributed by atoms with Crippen molar-refractivity contribution in [3.05, 3.63) is 22.9 Å². The molecule has 25 heavy (non-hydrogen) atoms. The normalized spacial score (nSPS) is 23.0. The molecule has 1 saturated heterocycles. The van der Waals surface area contributed by atoms with Crippen LogP contribution < -0.4 is 10.2 Å². The molecular formula is C17H20N4O4. The molecule has 1 aromatic rings. The number of piperidine rings is 1. The average molecular weight is 344 g/mol. The summed E-state index contributed by atoms with van der Waals surface area (Å²) < 4.78 is 0. The Hall–Kier alpha value is -2.77. The predicted octanol–water partition coefficient (Wildman–Crippen LogP) is 0.637. The van der Waals surface area contributed by atoms with Crippen LogP contribution in [0.1, 0.15) is 52.6 Å². The zero-order valence-electron chi connectivity index (χ0n) is 14.7. The Morgan fingerprint density at radius 3 is 2.48 bits per heavy atom. The number of anilines is 1. The van der Waals surface area contributed by atoms with E-state index >= 15 is 0 Å². The number of rotatable bonds is 3. The number of aryl methyl sites for hydroxylation is 1. The number of carbonyl (C=O) groups excluding carboxylic acids is 4. The Morgan fingerprint density at radius 1 is 1.24 bits per heavy atom. The summed E-state index contributed by atoms with van der Waals surface area (Å²) in [6, 6.07) is 1.57. The lowest BCUT2D eigenvalue weighted by molar-refractivity contribution is -0.142. The van der Waals surface area contributed by atoms with Crippen molar-refractivity contribution in [3.8, 4) is 0 Å². The zero-order chi connectivity index (χ0) is 18.5. The number of carbonyl (C=O) groups is 4. The van der Waals surface area contributed by atoms with Gasteiger partial charge in [-0.25, -0.2) is 4.98 Å². The van der Waals surface area contributed by atoms with Crippen LogP contribution in [0.15, 0.2) is 6.07 Å². The van der Waals surface area contributed by atoms with Crippen LogP contribution in [0.25, 0.3) is 0 Å². The molecule has 3 heterocycles. The van der Waals surface area contributed by atoms with Crippen LogP contribution in [0.4, 0.5) is 5.82 Å². The highest BCUT2D eigenvalue weighted by molar-refractivity contribution is 6.25. The molecule has 132 valence electrons. The Morgan fingerprint density at radius 2 is 1.92 bits per heavy atom. The molecule has 1 aromatic heterocycles. The maximum absolute atomic E-state index is 13.0. The fourth-order valence-corrected chi connectivity index (χ4v) is 3.49. The van der Waals surface area contributed by atoms with Gasteiger partial charge in [-0.3, -0.25) is 29.4 Å². The van der Waals surface area contributed by atoms with Crippen molar-refractivity contribution in [1.29, 1.82) is 0 Å². The van der Waals surface area contributed by atoms with Gasteiger partial charge in [0, 0.05) is 20.5 Å². The SMILES string of the molecule is CCC1(N2C(=O)c3cc(N(C)C)nc(C)c3C2=O)CCC(=O)NC1=O. The lowest BCUT2D eigenvalue weighted by atomic mass is 9.84. The van der Waals surface area contributed by atoms with E-state index in [0.717, 1.165) is 4.90 Å². The Labute approximate surface area is 145 Å². The van der Waals surface area contributed by atoms with Crippen LogP contribution in [0, 0.1) is 6.92 Å². The molecule has 1 unspecified atom stereocenters. The summed E-state index contributed by atoms with van der Waals surface area (Å²) in [7, 11) is 3.59.